The van der Waals surface area contributed by atoms with Gasteiger partial charge in [-0.05, 0) is 63.2 Å². The number of rotatable bonds is 65. The third-order valence-electron chi connectivity index (χ3n) is 17.7. The zero-order chi connectivity index (χ0) is 81.3. The van der Waals surface area contributed by atoms with E-state index in [2.05, 4.69) is 42.5 Å². The van der Waals surface area contributed by atoms with Crippen molar-refractivity contribution in [3.63, 3.8) is 0 Å². The Morgan fingerprint density at radius 2 is 0.682 bits per heavy atom. The minimum atomic E-state index is -1.86. The first-order valence-corrected chi connectivity index (χ1v) is 38.1. The van der Waals surface area contributed by atoms with Crippen molar-refractivity contribution < 1.29 is 147 Å². The zero-order valence-electron chi connectivity index (χ0n) is 64.2. The topological polar surface area (TPSA) is 568 Å². The summed E-state index contributed by atoms with van der Waals surface area (Å²) in [5.41, 5.74) is -2.87. The molecule has 20 N–H and O–H groups in total. The standard InChI is InChI=1S/C72H128N8O30/c1-49(84)77-63(66(95)55(87)20-30-81)69(98)108-46-43-104-40-37-101-34-27-74-59(91)17-23-72(80-62(94)14-7-13-58(90)73-26-8-33-107-54-12-6-11-53(15-16-54)52-9-4-5-10-52,24-18-60(92)75-28-35-102-38-41-105-44-47-109-70(99)64(78-50(2)85)67(96)56(88)21-31-82)25-19-61(93)76-29-36-103-39-42-106-45-48-110-71(100)65(79-51(3)86)68(97)57(89)22-32-83/h52-57,69-71,81-83,87-89,95-100H,4-48H2,1-3H3,(H,73,90)(H,74,91)(H,75,92)(H,76,93)(H,77,84)(H,78,85)(H,79,86)(H,80,94)/b66-63-,67-64-,68-65-. The monoisotopic (exact) mass is 1580 g/mol. The molecule has 0 aromatic rings. The number of carbonyl (C=O) groups excluding carboxylic acids is 8. The van der Waals surface area contributed by atoms with Gasteiger partial charge in [0.1, 0.15) is 52.7 Å². The molecule has 0 heterocycles. The molecule has 2 rings (SSSR count). The molecule has 8 atom stereocenters. The van der Waals surface area contributed by atoms with Crippen LogP contribution in [0.1, 0.15) is 162 Å². The molecule has 0 spiro atoms. The summed E-state index contributed by atoms with van der Waals surface area (Å²) >= 11 is 0. The van der Waals surface area contributed by atoms with Crippen LogP contribution in [0, 0.1) is 11.8 Å². The lowest BCUT2D eigenvalue weighted by molar-refractivity contribution is -0.128. The fourth-order valence-corrected chi connectivity index (χ4v) is 12.0. The van der Waals surface area contributed by atoms with Crippen LogP contribution in [0.15, 0.2) is 34.4 Å². The van der Waals surface area contributed by atoms with Crippen LogP contribution in [0.25, 0.3) is 0 Å². The van der Waals surface area contributed by atoms with Crippen molar-refractivity contribution in [1.29, 1.82) is 0 Å². The third kappa shape index (κ3) is 46.6. The number of ether oxygens (including phenoxy) is 10. The van der Waals surface area contributed by atoms with Gasteiger partial charge in [0.05, 0.1) is 105 Å². The quantitative estimate of drug-likeness (QED) is 0.0141. The van der Waals surface area contributed by atoms with E-state index in [0.29, 0.717) is 19.6 Å². The van der Waals surface area contributed by atoms with Crippen molar-refractivity contribution in [3.05, 3.63) is 34.4 Å². The lowest BCUT2D eigenvalue weighted by Gasteiger charge is -2.35. The van der Waals surface area contributed by atoms with Crippen LogP contribution in [0.5, 0.6) is 0 Å². The van der Waals surface area contributed by atoms with Gasteiger partial charge in [0, 0.05) is 130 Å². The van der Waals surface area contributed by atoms with Gasteiger partial charge in [0.2, 0.25) is 47.3 Å². The maximum absolute atomic E-state index is 14.1. The molecule has 38 nitrogen and oxygen atoms in total. The lowest BCUT2D eigenvalue weighted by atomic mass is 9.82. The van der Waals surface area contributed by atoms with Crippen LogP contribution in [0.3, 0.4) is 0 Å². The summed E-state index contributed by atoms with van der Waals surface area (Å²) in [6, 6.07) is 0. The highest BCUT2D eigenvalue weighted by atomic mass is 16.6. The molecule has 2 saturated carbocycles. The van der Waals surface area contributed by atoms with E-state index in [9.17, 15) is 84.3 Å². The van der Waals surface area contributed by atoms with E-state index in [4.69, 9.17) is 62.7 Å². The van der Waals surface area contributed by atoms with Gasteiger partial charge in [-0.25, -0.2) is 0 Å². The van der Waals surface area contributed by atoms with E-state index >= 15 is 0 Å². The molecule has 0 aliphatic heterocycles. The smallest absolute Gasteiger partial charge is 0.221 e. The van der Waals surface area contributed by atoms with Crippen molar-refractivity contribution >= 4 is 47.3 Å². The van der Waals surface area contributed by atoms with Gasteiger partial charge >= 0.3 is 0 Å². The maximum Gasteiger partial charge on any atom is 0.221 e. The predicted octanol–water partition coefficient (Wildman–Crippen LogP) is -1.59. The summed E-state index contributed by atoms with van der Waals surface area (Å²) in [5.74, 6) is -4.90. The summed E-state index contributed by atoms with van der Waals surface area (Å²) in [6.07, 6.45) is -0.0110. The zero-order valence-corrected chi connectivity index (χ0v) is 64.2. The molecule has 8 amide bonds. The molecule has 2 fully saturated rings. The van der Waals surface area contributed by atoms with E-state index in [1.165, 1.54) is 38.5 Å². The van der Waals surface area contributed by atoms with Gasteiger partial charge in [-0.1, -0.05) is 38.5 Å². The van der Waals surface area contributed by atoms with Crippen molar-refractivity contribution in [2.75, 3.05) is 152 Å². The molecule has 636 valence electrons. The second-order valence-corrected chi connectivity index (χ2v) is 26.6. The van der Waals surface area contributed by atoms with E-state index < -0.39 is 138 Å². The SMILES string of the molecule is CC(=O)N/C(=C(\O)C(O)CCO)C(O)OCCOCCOCCNC(=O)CCC(CCC(=O)NCCOCCOCCOC(O)/C(NC(C)=O)=C(/O)C(O)CCO)(CCC(=O)NCCOCCOCCOC(O)/C(NC(C)=O)=C(/O)C(O)CCO)NC(=O)CCCC(=O)NCCCOC1CCCC(C2CCCC2)CC1. The predicted molar refractivity (Wildman–Crippen MR) is 392 cm³/mol. The van der Waals surface area contributed by atoms with Gasteiger partial charge in [-0.15, -0.1) is 0 Å². The first-order valence-electron chi connectivity index (χ1n) is 38.1. The highest BCUT2D eigenvalue weighted by Crippen LogP contribution is 2.39. The Kier molecular flexibility index (Phi) is 55.4. The number of hydrogen-bond acceptors (Lipinski definition) is 30. The Labute approximate surface area is 643 Å². The molecular formula is C72H128N8O30. The Hall–Kier alpha value is -6.38. The average molecular weight is 1590 g/mol. The number of aliphatic hydroxyl groups excluding tert-OH is 12. The van der Waals surface area contributed by atoms with E-state index in [0.717, 1.165) is 51.9 Å². The summed E-state index contributed by atoms with van der Waals surface area (Å²) in [6.45, 7) is 2.43. The summed E-state index contributed by atoms with van der Waals surface area (Å²) in [7, 11) is 0. The highest BCUT2D eigenvalue weighted by Gasteiger charge is 2.35. The van der Waals surface area contributed by atoms with Gasteiger partial charge in [-0.2, -0.15) is 0 Å². The Bertz CT molecular complexity index is 2490. The van der Waals surface area contributed by atoms with Gasteiger partial charge < -0.3 is 151 Å². The summed E-state index contributed by atoms with van der Waals surface area (Å²) in [5, 5.41) is 140. The highest BCUT2D eigenvalue weighted by molar-refractivity contribution is 5.81. The summed E-state index contributed by atoms with van der Waals surface area (Å²) in [4.78, 5) is 103. The molecule has 0 aromatic carbocycles. The van der Waals surface area contributed by atoms with E-state index in [1.54, 1.807) is 0 Å². The molecular weight excluding hydrogens is 1460 g/mol. The molecule has 2 aliphatic carbocycles. The molecule has 0 radical (unpaired) electrons. The molecule has 0 bridgehead atoms. The van der Waals surface area contributed by atoms with Crippen molar-refractivity contribution in [2.24, 2.45) is 11.8 Å². The molecule has 38 heteroatoms. The van der Waals surface area contributed by atoms with Gasteiger partial charge in [0.15, 0.2) is 18.9 Å². The molecule has 2 aliphatic rings. The fourth-order valence-electron chi connectivity index (χ4n) is 12.0. The molecule has 0 aromatic heterocycles. The number of carbonyl (C=O) groups is 8. The van der Waals surface area contributed by atoms with Gasteiger partial charge in [0.25, 0.3) is 0 Å². The number of hydrogen-bond donors (Lipinski definition) is 20. The van der Waals surface area contributed by atoms with Crippen LogP contribution in [0.4, 0.5) is 0 Å². The van der Waals surface area contributed by atoms with Crippen LogP contribution >= 0.6 is 0 Å². The minimum Gasteiger partial charge on any atom is -0.508 e. The van der Waals surface area contributed by atoms with Crippen LogP contribution in [-0.2, 0) is 85.7 Å². The maximum atomic E-state index is 14.1. The van der Waals surface area contributed by atoms with Crippen molar-refractivity contribution in [3.8, 4) is 0 Å². The van der Waals surface area contributed by atoms with Crippen LogP contribution in [-0.4, -0.2) is 309 Å². The first kappa shape index (κ1) is 99.7. The van der Waals surface area contributed by atoms with E-state index in [1.807, 2.05) is 0 Å². The van der Waals surface area contributed by atoms with Crippen LogP contribution < -0.4 is 42.5 Å². The third-order valence-corrected chi connectivity index (χ3v) is 17.7. The average Bonchev–Trinajstić information content (AvgIpc) is 1.11. The minimum absolute atomic E-state index is 0.0223. The normalized spacial score (nSPS) is 17.6. The lowest BCUT2D eigenvalue weighted by Crippen LogP contribution is -2.50. The largest absolute Gasteiger partial charge is 0.508 e. The van der Waals surface area contributed by atoms with Crippen molar-refractivity contribution in [1.82, 2.24) is 42.5 Å². The second kappa shape index (κ2) is 61.2. The molecule has 8 unspecified atom stereocenters. The summed E-state index contributed by atoms with van der Waals surface area (Å²) < 4.78 is 55.2. The molecule has 0 saturated heterocycles. The fraction of sp³-hybridized carbons (Fsp3) is 0.806. The van der Waals surface area contributed by atoms with Gasteiger partial charge in [-0.3, -0.25) is 38.4 Å². The number of nitrogens with one attached hydrogen (secondary N) is 8. The first-order chi connectivity index (χ1) is 52.8. The van der Waals surface area contributed by atoms with E-state index in [-0.39, 0.29) is 208 Å². The van der Waals surface area contributed by atoms with Crippen LogP contribution in [0.2, 0.25) is 0 Å². The second-order valence-electron chi connectivity index (χ2n) is 26.6. The van der Waals surface area contributed by atoms with Crippen molar-refractivity contribution in [2.45, 2.75) is 211 Å². The number of amides is 8. The Morgan fingerprint density at radius 1 is 0.364 bits per heavy atom. The Morgan fingerprint density at radius 3 is 1.05 bits per heavy atom. The molecule has 110 heavy (non-hydrogen) atoms. The Balaban J connectivity index is 2.14. The number of aliphatic hydroxyl groups is 12.